The van der Waals surface area contributed by atoms with E-state index in [4.69, 9.17) is 0 Å². The van der Waals surface area contributed by atoms with Gasteiger partial charge in [0.2, 0.25) is 5.16 Å². The minimum absolute atomic E-state index is 0.00939. The number of hydrogen-bond donors (Lipinski definition) is 0. The van der Waals surface area contributed by atoms with E-state index in [-0.39, 0.29) is 5.88 Å². The second kappa shape index (κ2) is 7.31. The van der Waals surface area contributed by atoms with Crippen molar-refractivity contribution in [3.8, 4) is 5.88 Å². The molecule has 0 saturated carbocycles. The smallest absolute Gasteiger partial charge is 0.252 e. The summed E-state index contributed by atoms with van der Waals surface area (Å²) in [6.07, 6.45) is 13.5. The van der Waals surface area contributed by atoms with Crippen molar-refractivity contribution < 1.29 is 5.11 Å². The Hall–Kier alpha value is -1.30. The number of fused-ring (bicyclic) bond motifs is 2. The Balaban J connectivity index is 1.96. The average molecular weight is 319 g/mol. The van der Waals surface area contributed by atoms with E-state index in [0.717, 1.165) is 36.9 Å². The molecule has 3 rings (SSSR count). The molecule has 0 spiro atoms. The lowest BCUT2D eigenvalue weighted by Gasteiger charge is -2.18. The third-order valence-corrected chi connectivity index (χ3v) is 4.92. The highest BCUT2D eigenvalue weighted by Gasteiger charge is 2.13. The molecule has 22 heavy (non-hydrogen) atoms. The Morgan fingerprint density at radius 3 is 2.23 bits per heavy atom. The van der Waals surface area contributed by atoms with Gasteiger partial charge in [0.25, 0.3) is 5.78 Å². The first-order chi connectivity index (χ1) is 10.8. The topological polar surface area (TPSA) is 66.1 Å². The highest BCUT2D eigenvalue weighted by Crippen LogP contribution is 2.25. The maximum Gasteiger partial charge on any atom is 0.252 e. The molecule has 0 fully saturated rings. The molecule has 0 unspecified atom stereocenters. The molecule has 0 amide bonds. The zero-order valence-corrected chi connectivity index (χ0v) is 14.0. The summed E-state index contributed by atoms with van der Waals surface area (Å²) in [4.78, 5) is 8.98. The van der Waals surface area contributed by atoms with Crippen LogP contribution in [0.2, 0.25) is 0 Å². The van der Waals surface area contributed by atoms with Gasteiger partial charge < -0.3 is 5.11 Å². The largest absolute Gasteiger partial charge is 0.858 e. The summed E-state index contributed by atoms with van der Waals surface area (Å²) in [7, 11) is 0. The van der Waals surface area contributed by atoms with Gasteiger partial charge in [-0.2, -0.15) is 4.98 Å². The summed E-state index contributed by atoms with van der Waals surface area (Å²) in [6.45, 7) is 0. The normalized spacial score (nSPS) is 17.7. The van der Waals surface area contributed by atoms with Crippen molar-refractivity contribution in [1.29, 1.82) is 0 Å². The van der Waals surface area contributed by atoms with Gasteiger partial charge in [0.15, 0.2) is 0 Å². The first-order valence-corrected chi connectivity index (χ1v) is 9.51. The molecule has 0 N–H and O–H groups in total. The Bertz CT molecular complexity index is 641. The van der Waals surface area contributed by atoms with Crippen molar-refractivity contribution in [1.82, 2.24) is 19.6 Å². The fourth-order valence-corrected chi connectivity index (χ4v) is 3.47. The van der Waals surface area contributed by atoms with Gasteiger partial charge in [0.1, 0.15) is 0 Å². The van der Waals surface area contributed by atoms with E-state index in [9.17, 15) is 5.11 Å². The van der Waals surface area contributed by atoms with Crippen molar-refractivity contribution in [2.75, 3.05) is 6.26 Å². The second-order valence-corrected chi connectivity index (χ2v) is 6.75. The Kier molecular flexibility index (Phi) is 5.18. The molecule has 2 aromatic rings. The molecular weight excluding hydrogens is 296 g/mol. The predicted octanol–water partition coefficient (Wildman–Crippen LogP) is 3.14. The van der Waals surface area contributed by atoms with Gasteiger partial charge in [0, 0.05) is 5.69 Å². The molecule has 0 atom stereocenters. The van der Waals surface area contributed by atoms with Gasteiger partial charge in [0.05, 0.1) is 0 Å². The zero-order valence-electron chi connectivity index (χ0n) is 13.2. The van der Waals surface area contributed by atoms with E-state index in [1.807, 2.05) is 6.26 Å². The van der Waals surface area contributed by atoms with E-state index in [1.54, 1.807) is 0 Å². The molecule has 1 aliphatic rings. The van der Waals surface area contributed by atoms with Crippen LogP contribution in [-0.4, -0.2) is 25.8 Å². The predicted molar refractivity (Wildman–Crippen MR) is 86.4 cm³/mol. The van der Waals surface area contributed by atoms with Crippen LogP contribution in [0.5, 0.6) is 5.88 Å². The standard InChI is InChI=1S/C16H24N4OS/c1-22-16-18-15-17-13-11-9-7-5-3-2-4-6-8-10-12(13)14(21)20(15)19-16/h21H,2-11H2,1H3/p-1. The lowest BCUT2D eigenvalue weighted by molar-refractivity contribution is -0.278. The van der Waals surface area contributed by atoms with Crippen molar-refractivity contribution in [2.45, 2.75) is 69.4 Å². The van der Waals surface area contributed by atoms with Crippen LogP contribution in [0.15, 0.2) is 5.16 Å². The van der Waals surface area contributed by atoms with Crippen LogP contribution in [0.3, 0.4) is 0 Å². The number of hydrogen-bond acceptors (Lipinski definition) is 5. The highest BCUT2D eigenvalue weighted by molar-refractivity contribution is 7.98. The van der Waals surface area contributed by atoms with E-state index in [0.29, 0.717) is 10.9 Å². The van der Waals surface area contributed by atoms with E-state index < -0.39 is 0 Å². The third kappa shape index (κ3) is 3.37. The Morgan fingerprint density at radius 2 is 1.55 bits per heavy atom. The number of nitrogens with zero attached hydrogens (tertiary/aromatic N) is 4. The maximum absolute atomic E-state index is 12.7. The van der Waals surface area contributed by atoms with Crippen molar-refractivity contribution in [3.05, 3.63) is 11.3 Å². The van der Waals surface area contributed by atoms with Crippen LogP contribution in [0.25, 0.3) is 5.78 Å². The molecule has 0 aliphatic heterocycles. The van der Waals surface area contributed by atoms with Crippen LogP contribution in [-0.2, 0) is 12.8 Å². The van der Waals surface area contributed by atoms with Gasteiger partial charge in [-0.15, -0.1) is 5.10 Å². The van der Waals surface area contributed by atoms with Gasteiger partial charge in [-0.3, -0.25) is 0 Å². The summed E-state index contributed by atoms with van der Waals surface area (Å²) < 4.78 is 1.39. The Morgan fingerprint density at radius 1 is 0.909 bits per heavy atom. The lowest BCUT2D eigenvalue weighted by Crippen LogP contribution is -2.12. The minimum Gasteiger partial charge on any atom is -0.858 e. The van der Waals surface area contributed by atoms with Crippen LogP contribution in [0, 0.1) is 0 Å². The van der Waals surface area contributed by atoms with Gasteiger partial charge in [-0.25, -0.2) is 9.50 Å². The summed E-state index contributed by atoms with van der Waals surface area (Å²) in [5.74, 6) is 0.449. The molecule has 0 aromatic carbocycles. The van der Waals surface area contributed by atoms with Crippen molar-refractivity contribution in [3.63, 3.8) is 0 Å². The molecule has 0 saturated heterocycles. The highest BCUT2D eigenvalue weighted by atomic mass is 32.2. The SMILES string of the molecule is CSc1nc2nc3c(c([O-])n2n1)CCCCCCCCCC3. The Labute approximate surface area is 135 Å². The fraction of sp³-hybridized carbons (Fsp3) is 0.688. The molecule has 6 heteroatoms. The fourth-order valence-electron chi connectivity index (χ4n) is 3.13. The molecule has 0 radical (unpaired) electrons. The van der Waals surface area contributed by atoms with Gasteiger partial charge in [-0.1, -0.05) is 50.3 Å². The third-order valence-electron chi connectivity index (χ3n) is 4.38. The first kappa shape index (κ1) is 15.6. The maximum atomic E-state index is 12.7. The summed E-state index contributed by atoms with van der Waals surface area (Å²) in [5, 5.41) is 17.6. The van der Waals surface area contributed by atoms with Gasteiger partial charge in [-0.05, 0) is 43.4 Å². The van der Waals surface area contributed by atoms with Crippen LogP contribution < -0.4 is 5.11 Å². The molecule has 2 heterocycles. The van der Waals surface area contributed by atoms with Gasteiger partial charge >= 0.3 is 0 Å². The second-order valence-electron chi connectivity index (χ2n) is 5.98. The molecule has 2 aromatic heterocycles. The molecule has 1 aliphatic carbocycles. The number of aromatic nitrogens is 4. The monoisotopic (exact) mass is 319 g/mol. The number of thioether (sulfide) groups is 1. The first-order valence-electron chi connectivity index (χ1n) is 8.29. The average Bonchev–Trinajstić information content (AvgIpc) is 2.93. The number of rotatable bonds is 1. The molecule has 120 valence electrons. The van der Waals surface area contributed by atoms with Crippen LogP contribution in [0.1, 0.15) is 62.6 Å². The van der Waals surface area contributed by atoms with Crippen LogP contribution in [0.4, 0.5) is 0 Å². The van der Waals surface area contributed by atoms with Crippen LogP contribution >= 0.6 is 11.8 Å². The van der Waals surface area contributed by atoms with E-state index >= 15 is 0 Å². The van der Waals surface area contributed by atoms with Crippen molar-refractivity contribution >= 4 is 17.5 Å². The molecular formula is C16H23N4OS-. The van der Waals surface area contributed by atoms with E-state index in [2.05, 4.69) is 15.1 Å². The number of aryl methyl sites for hydroxylation is 1. The summed E-state index contributed by atoms with van der Waals surface area (Å²) >= 11 is 1.44. The summed E-state index contributed by atoms with van der Waals surface area (Å²) in [6, 6.07) is 0. The molecule has 5 nitrogen and oxygen atoms in total. The van der Waals surface area contributed by atoms with Crippen molar-refractivity contribution in [2.24, 2.45) is 0 Å². The minimum atomic E-state index is -0.00939. The quantitative estimate of drug-likeness (QED) is 0.755. The van der Waals surface area contributed by atoms with E-state index in [1.165, 1.54) is 54.8 Å². The zero-order chi connectivity index (χ0) is 15.4. The summed E-state index contributed by atoms with van der Waals surface area (Å²) in [5.41, 5.74) is 1.82. The molecule has 0 bridgehead atoms. The lowest BCUT2D eigenvalue weighted by atomic mass is 9.99.